The number of carbonyl (C=O) groups excluding carboxylic acids is 1. The van der Waals surface area contributed by atoms with Gasteiger partial charge in [0.15, 0.2) is 0 Å². The molecule has 1 amide bonds. The summed E-state index contributed by atoms with van der Waals surface area (Å²) >= 11 is 0. The Morgan fingerprint density at radius 1 is 1.27 bits per heavy atom. The molecule has 4 rings (SSSR count). The molecule has 138 valence electrons. The maximum absolute atomic E-state index is 13.1. The highest BCUT2D eigenvalue weighted by atomic mass is 32.2. The third-order valence-corrected chi connectivity index (χ3v) is 7.32. The van der Waals surface area contributed by atoms with Crippen LogP contribution in [0.15, 0.2) is 41.6 Å². The molecule has 0 radical (unpaired) electrons. The van der Waals surface area contributed by atoms with Gasteiger partial charge in [-0.1, -0.05) is 18.2 Å². The molecule has 1 saturated heterocycles. The van der Waals surface area contributed by atoms with Crippen LogP contribution >= 0.6 is 0 Å². The molecule has 0 bridgehead atoms. The first-order valence-electron chi connectivity index (χ1n) is 8.80. The maximum Gasteiger partial charge on any atom is 0.246 e. The lowest BCUT2D eigenvalue weighted by molar-refractivity contribution is -0.124. The van der Waals surface area contributed by atoms with Crippen LogP contribution in [-0.4, -0.2) is 48.5 Å². The summed E-state index contributed by atoms with van der Waals surface area (Å²) in [6, 6.07) is 7.67. The van der Waals surface area contributed by atoms with Crippen molar-refractivity contribution in [3.05, 3.63) is 42.2 Å². The monoisotopic (exact) mass is 374 g/mol. The van der Waals surface area contributed by atoms with Crippen LogP contribution in [-0.2, 0) is 26.8 Å². The second-order valence-electron chi connectivity index (χ2n) is 6.94. The summed E-state index contributed by atoms with van der Waals surface area (Å²) in [7, 11) is -1.92. The number of likely N-dealkylation sites (N-methyl/N-ethyl adjacent to an activating group) is 1. The molecule has 1 spiro atoms. The number of aromatic nitrogens is 2. The highest BCUT2D eigenvalue weighted by molar-refractivity contribution is 7.89. The number of sulfonamides is 1. The van der Waals surface area contributed by atoms with E-state index in [1.807, 2.05) is 31.2 Å². The number of anilines is 1. The fourth-order valence-corrected chi connectivity index (χ4v) is 5.63. The maximum atomic E-state index is 13.1. The number of carbonyl (C=O) groups is 1. The van der Waals surface area contributed by atoms with Gasteiger partial charge < -0.3 is 4.90 Å². The van der Waals surface area contributed by atoms with Crippen molar-refractivity contribution in [2.24, 2.45) is 0 Å². The molecule has 0 N–H and O–H groups in total. The van der Waals surface area contributed by atoms with E-state index in [2.05, 4.69) is 5.10 Å². The Hall–Kier alpha value is -2.19. The summed E-state index contributed by atoms with van der Waals surface area (Å²) < 4.78 is 29.2. The third-order valence-electron chi connectivity index (χ3n) is 5.52. The molecule has 2 aromatic rings. The average molecular weight is 374 g/mol. The van der Waals surface area contributed by atoms with Gasteiger partial charge >= 0.3 is 0 Å². The Balaban J connectivity index is 1.73. The van der Waals surface area contributed by atoms with E-state index >= 15 is 0 Å². The molecule has 1 atom stereocenters. The van der Waals surface area contributed by atoms with Crippen molar-refractivity contribution in [3.63, 3.8) is 0 Å². The van der Waals surface area contributed by atoms with Gasteiger partial charge in [0.05, 0.1) is 11.6 Å². The van der Waals surface area contributed by atoms with Gasteiger partial charge in [-0.2, -0.15) is 9.40 Å². The van der Waals surface area contributed by atoms with E-state index in [-0.39, 0.29) is 17.3 Å². The molecule has 1 aromatic heterocycles. The van der Waals surface area contributed by atoms with Crippen LogP contribution < -0.4 is 4.90 Å². The van der Waals surface area contributed by atoms with Crippen molar-refractivity contribution in [1.29, 1.82) is 0 Å². The van der Waals surface area contributed by atoms with Gasteiger partial charge in [-0.05, 0) is 31.4 Å². The second-order valence-corrected chi connectivity index (χ2v) is 8.88. The second kappa shape index (κ2) is 5.92. The summed E-state index contributed by atoms with van der Waals surface area (Å²) in [5.41, 5.74) is 1.00. The van der Waals surface area contributed by atoms with E-state index in [0.29, 0.717) is 25.9 Å². The van der Waals surface area contributed by atoms with E-state index in [0.717, 1.165) is 11.3 Å². The number of rotatable bonds is 3. The zero-order valence-corrected chi connectivity index (χ0v) is 15.7. The van der Waals surface area contributed by atoms with Crippen molar-refractivity contribution in [2.45, 2.75) is 36.6 Å². The Labute approximate surface area is 153 Å². The first kappa shape index (κ1) is 17.2. The molecule has 1 aromatic carbocycles. The molecule has 1 fully saturated rings. The number of amides is 1. The van der Waals surface area contributed by atoms with E-state index in [1.54, 1.807) is 22.8 Å². The summed E-state index contributed by atoms with van der Waals surface area (Å²) in [5.74, 6) is -0.0251. The Morgan fingerprint density at radius 2 is 2.04 bits per heavy atom. The van der Waals surface area contributed by atoms with Crippen LogP contribution in [0.5, 0.6) is 0 Å². The van der Waals surface area contributed by atoms with Gasteiger partial charge in [0.2, 0.25) is 15.9 Å². The predicted octanol–water partition coefficient (Wildman–Crippen LogP) is 1.60. The Morgan fingerprint density at radius 3 is 2.77 bits per heavy atom. The molecule has 2 aliphatic heterocycles. The fourth-order valence-electron chi connectivity index (χ4n) is 4.13. The van der Waals surface area contributed by atoms with Gasteiger partial charge in [0, 0.05) is 38.6 Å². The number of nitrogens with zero attached hydrogens (tertiary/aromatic N) is 4. The summed E-state index contributed by atoms with van der Waals surface area (Å²) in [5, 5.41) is 4.08. The summed E-state index contributed by atoms with van der Waals surface area (Å²) in [6.07, 6.45) is 4.24. The average Bonchev–Trinajstić information content (AvgIpc) is 3.23. The third kappa shape index (κ3) is 2.32. The van der Waals surface area contributed by atoms with E-state index < -0.39 is 15.4 Å². The van der Waals surface area contributed by atoms with Crippen molar-refractivity contribution < 1.29 is 13.2 Å². The molecular formula is C18H22N4O3S. The minimum absolute atomic E-state index is 0.0251. The number of fused-ring (bicyclic) bond motifs is 2. The van der Waals surface area contributed by atoms with Crippen LogP contribution in [0.1, 0.15) is 25.3 Å². The number of hydrogen-bond acceptors (Lipinski definition) is 4. The predicted molar refractivity (Wildman–Crippen MR) is 97.4 cm³/mol. The van der Waals surface area contributed by atoms with Crippen molar-refractivity contribution in [3.8, 4) is 0 Å². The smallest absolute Gasteiger partial charge is 0.246 e. The lowest BCUT2D eigenvalue weighted by Gasteiger charge is -2.38. The molecule has 0 aliphatic carbocycles. The molecule has 3 heterocycles. The normalized spacial score (nSPS) is 23.6. The first-order chi connectivity index (χ1) is 12.4. The number of benzene rings is 1. The highest BCUT2D eigenvalue weighted by Crippen LogP contribution is 2.46. The SMILES string of the molecule is CCn1cc(S(=O)(=O)N2CCC[C@]3(C2)C(=O)N(C)c2ccccc23)cn1. The molecule has 26 heavy (non-hydrogen) atoms. The quantitative estimate of drug-likeness (QED) is 0.818. The molecule has 2 aliphatic rings. The van der Waals surface area contributed by atoms with Gasteiger partial charge in [0.1, 0.15) is 4.90 Å². The molecule has 8 heteroatoms. The fraction of sp³-hybridized carbons (Fsp3) is 0.444. The van der Waals surface area contributed by atoms with E-state index in [4.69, 9.17) is 0 Å². The topological polar surface area (TPSA) is 75.5 Å². The van der Waals surface area contributed by atoms with Crippen LogP contribution in [0.25, 0.3) is 0 Å². The summed E-state index contributed by atoms with van der Waals surface area (Å²) in [4.78, 5) is 14.9. The lowest BCUT2D eigenvalue weighted by Crippen LogP contribution is -2.52. The zero-order chi connectivity index (χ0) is 18.5. The first-order valence-corrected chi connectivity index (χ1v) is 10.2. The highest BCUT2D eigenvalue weighted by Gasteiger charge is 2.53. The largest absolute Gasteiger partial charge is 0.314 e. The number of aryl methyl sites for hydroxylation is 1. The van der Waals surface area contributed by atoms with Gasteiger partial charge in [-0.25, -0.2) is 8.42 Å². The number of para-hydroxylation sites is 1. The van der Waals surface area contributed by atoms with Crippen molar-refractivity contribution >= 4 is 21.6 Å². The Kier molecular flexibility index (Phi) is 3.92. The van der Waals surface area contributed by atoms with E-state index in [9.17, 15) is 13.2 Å². The lowest BCUT2D eigenvalue weighted by atomic mass is 9.76. The van der Waals surface area contributed by atoms with Crippen LogP contribution in [0.3, 0.4) is 0 Å². The standard InChI is InChI=1S/C18H22N4O3S/c1-3-21-12-14(11-19-21)26(24,25)22-10-6-9-18(13-22)15-7-4-5-8-16(15)20(2)17(18)23/h4-5,7-8,11-12H,3,6,9-10,13H2,1-2H3/t18-/m1/s1. The number of piperidine rings is 1. The zero-order valence-electron chi connectivity index (χ0n) is 14.9. The summed E-state index contributed by atoms with van der Waals surface area (Å²) in [6.45, 7) is 3.10. The van der Waals surface area contributed by atoms with Gasteiger partial charge in [-0.15, -0.1) is 0 Å². The molecular weight excluding hydrogens is 352 g/mol. The molecule has 7 nitrogen and oxygen atoms in total. The van der Waals surface area contributed by atoms with Crippen molar-refractivity contribution in [1.82, 2.24) is 14.1 Å². The molecule has 0 saturated carbocycles. The van der Waals surface area contributed by atoms with Crippen LogP contribution in [0.4, 0.5) is 5.69 Å². The van der Waals surface area contributed by atoms with E-state index in [1.165, 1.54) is 10.5 Å². The minimum atomic E-state index is -3.68. The molecule has 0 unspecified atom stereocenters. The van der Waals surface area contributed by atoms with Crippen molar-refractivity contribution in [2.75, 3.05) is 25.0 Å². The Bertz CT molecular complexity index is 968. The van der Waals surface area contributed by atoms with Gasteiger partial charge in [0.25, 0.3) is 0 Å². The van der Waals surface area contributed by atoms with Gasteiger partial charge in [-0.3, -0.25) is 9.48 Å². The van der Waals surface area contributed by atoms with Crippen LogP contribution in [0, 0.1) is 0 Å². The minimum Gasteiger partial charge on any atom is -0.314 e. The van der Waals surface area contributed by atoms with Crippen LogP contribution in [0.2, 0.25) is 0 Å². The number of hydrogen-bond donors (Lipinski definition) is 0.